The maximum Gasteiger partial charge on any atom is 0.260 e. The number of nitrogens with zero attached hydrogens (tertiary/aromatic N) is 1. The Kier molecular flexibility index (Phi) is 5.41. The van der Waals surface area contributed by atoms with E-state index in [9.17, 15) is 4.79 Å². The summed E-state index contributed by atoms with van der Waals surface area (Å²) in [6.45, 7) is 2.83. The molecule has 1 heterocycles. The minimum absolute atomic E-state index is 0.134. The molecule has 2 aromatic carbocycles. The third-order valence-electron chi connectivity index (χ3n) is 4.26. The summed E-state index contributed by atoms with van der Waals surface area (Å²) in [5.74, 6) is 2.28. The monoisotopic (exact) mass is 353 g/mol. The van der Waals surface area contributed by atoms with Gasteiger partial charge in [-0.1, -0.05) is 25.1 Å². The molecule has 26 heavy (non-hydrogen) atoms. The van der Waals surface area contributed by atoms with Gasteiger partial charge in [0.15, 0.2) is 11.5 Å². The molecule has 0 aliphatic heterocycles. The second-order valence-electron chi connectivity index (χ2n) is 6.31. The van der Waals surface area contributed by atoms with Gasteiger partial charge in [0.05, 0.1) is 25.1 Å². The second kappa shape index (κ2) is 7.91. The molecule has 6 heteroatoms. The molecule has 2 N–H and O–H groups in total. The molecule has 0 fully saturated rings. The highest BCUT2D eigenvalue weighted by molar-refractivity contribution is 5.78. The topological polar surface area (TPSA) is 76.2 Å². The molecule has 1 atom stereocenters. The number of anilines is 1. The van der Waals surface area contributed by atoms with E-state index in [1.54, 1.807) is 20.3 Å². The van der Waals surface area contributed by atoms with Crippen LogP contribution in [0.25, 0.3) is 10.9 Å². The number of fused-ring (bicyclic) bond motifs is 1. The van der Waals surface area contributed by atoms with Crippen molar-refractivity contribution in [3.8, 4) is 11.5 Å². The lowest BCUT2D eigenvalue weighted by molar-refractivity contribution is 0.354. The number of para-hydroxylation sites is 1. The summed E-state index contributed by atoms with van der Waals surface area (Å²) in [7, 11) is 3.26. The van der Waals surface area contributed by atoms with Crippen LogP contribution in [0.5, 0.6) is 11.5 Å². The fourth-order valence-corrected chi connectivity index (χ4v) is 2.92. The average Bonchev–Trinajstić information content (AvgIpc) is 2.66. The first kappa shape index (κ1) is 17.8. The van der Waals surface area contributed by atoms with E-state index in [0.717, 1.165) is 23.5 Å². The van der Waals surface area contributed by atoms with Crippen molar-refractivity contribution in [1.29, 1.82) is 0 Å². The molecule has 0 amide bonds. The molecular weight excluding hydrogens is 330 g/mol. The van der Waals surface area contributed by atoms with Crippen molar-refractivity contribution < 1.29 is 9.47 Å². The molecule has 3 aromatic rings. The van der Waals surface area contributed by atoms with E-state index < -0.39 is 0 Å². The normalized spacial score (nSPS) is 12.0. The lowest BCUT2D eigenvalue weighted by Crippen LogP contribution is -2.18. The van der Waals surface area contributed by atoms with Crippen LogP contribution in [0.1, 0.15) is 12.5 Å². The minimum atomic E-state index is -0.134. The Balaban J connectivity index is 1.66. The van der Waals surface area contributed by atoms with E-state index in [1.807, 2.05) is 36.4 Å². The average molecular weight is 353 g/mol. The van der Waals surface area contributed by atoms with Gasteiger partial charge in [0.2, 0.25) is 5.95 Å². The van der Waals surface area contributed by atoms with E-state index in [4.69, 9.17) is 9.47 Å². The number of nitrogens with one attached hydrogen (secondary N) is 2. The Morgan fingerprint density at radius 2 is 1.88 bits per heavy atom. The van der Waals surface area contributed by atoms with Crippen LogP contribution in [0, 0.1) is 5.92 Å². The summed E-state index contributed by atoms with van der Waals surface area (Å²) >= 11 is 0. The molecule has 1 unspecified atom stereocenters. The summed E-state index contributed by atoms with van der Waals surface area (Å²) in [6, 6.07) is 13.2. The summed E-state index contributed by atoms with van der Waals surface area (Å²) in [4.78, 5) is 19.4. The first-order valence-corrected chi connectivity index (χ1v) is 8.54. The number of aromatic amines is 1. The van der Waals surface area contributed by atoms with Gasteiger partial charge in [-0.3, -0.25) is 9.78 Å². The minimum Gasteiger partial charge on any atom is -0.493 e. The van der Waals surface area contributed by atoms with Crippen LogP contribution in [0.15, 0.2) is 47.3 Å². The van der Waals surface area contributed by atoms with Crippen LogP contribution >= 0.6 is 0 Å². The van der Waals surface area contributed by atoms with Crippen LogP contribution in [-0.2, 0) is 6.42 Å². The zero-order valence-electron chi connectivity index (χ0n) is 15.2. The Labute approximate surface area is 152 Å². The standard InChI is InChI=1S/C20H23N3O3/c1-13(10-14-8-9-17(25-2)18(11-14)26-3)12-21-20-22-16-7-5-4-6-15(16)19(24)23-20/h4-9,11,13H,10,12H2,1-3H3,(H2,21,22,23,24). The number of hydrogen-bond acceptors (Lipinski definition) is 5. The van der Waals surface area contributed by atoms with Gasteiger partial charge < -0.3 is 14.8 Å². The zero-order chi connectivity index (χ0) is 18.5. The van der Waals surface area contributed by atoms with Gasteiger partial charge in [0, 0.05) is 6.54 Å². The van der Waals surface area contributed by atoms with E-state index in [1.165, 1.54) is 0 Å². The predicted molar refractivity (Wildman–Crippen MR) is 103 cm³/mol. The van der Waals surface area contributed by atoms with Crippen molar-refractivity contribution in [2.24, 2.45) is 5.92 Å². The van der Waals surface area contributed by atoms with Gasteiger partial charge in [0.1, 0.15) is 0 Å². The predicted octanol–water partition coefficient (Wildman–Crippen LogP) is 3.23. The van der Waals surface area contributed by atoms with Gasteiger partial charge in [-0.25, -0.2) is 4.98 Å². The molecule has 0 aliphatic rings. The summed E-state index contributed by atoms with van der Waals surface area (Å²) in [6.07, 6.45) is 0.866. The first-order valence-electron chi connectivity index (χ1n) is 8.54. The fraction of sp³-hybridized carbons (Fsp3) is 0.300. The van der Waals surface area contributed by atoms with Crippen molar-refractivity contribution in [3.63, 3.8) is 0 Å². The molecular formula is C20H23N3O3. The third kappa shape index (κ3) is 3.96. The number of ether oxygens (including phenoxy) is 2. The number of methoxy groups -OCH3 is 2. The summed E-state index contributed by atoms with van der Waals surface area (Å²) in [5, 5.41) is 3.82. The molecule has 0 aliphatic carbocycles. The molecule has 0 saturated heterocycles. The molecule has 136 valence electrons. The number of H-pyrrole nitrogens is 1. The molecule has 6 nitrogen and oxygen atoms in total. The quantitative estimate of drug-likeness (QED) is 0.682. The SMILES string of the molecule is COc1ccc(CC(C)CNc2nc3ccccc3c(=O)[nH]2)cc1OC. The molecule has 0 radical (unpaired) electrons. The fourth-order valence-electron chi connectivity index (χ4n) is 2.92. The lowest BCUT2D eigenvalue weighted by atomic mass is 10.0. The third-order valence-corrected chi connectivity index (χ3v) is 4.26. The van der Waals surface area contributed by atoms with Crippen LogP contribution < -0.4 is 20.3 Å². The maximum absolute atomic E-state index is 12.1. The number of rotatable bonds is 7. The Morgan fingerprint density at radius 1 is 1.12 bits per heavy atom. The van der Waals surface area contributed by atoms with E-state index in [-0.39, 0.29) is 5.56 Å². The van der Waals surface area contributed by atoms with Crippen LogP contribution in [-0.4, -0.2) is 30.7 Å². The molecule has 1 aromatic heterocycles. The Hall–Kier alpha value is -3.02. The van der Waals surface area contributed by atoms with Gasteiger partial charge in [-0.2, -0.15) is 0 Å². The summed E-state index contributed by atoms with van der Waals surface area (Å²) < 4.78 is 10.6. The summed E-state index contributed by atoms with van der Waals surface area (Å²) in [5.41, 5.74) is 1.72. The highest BCUT2D eigenvalue weighted by Gasteiger charge is 2.09. The first-order chi connectivity index (χ1) is 12.6. The highest BCUT2D eigenvalue weighted by Crippen LogP contribution is 2.28. The van der Waals surface area contributed by atoms with Crippen molar-refractivity contribution in [3.05, 3.63) is 58.4 Å². The van der Waals surface area contributed by atoms with Gasteiger partial charge in [-0.05, 0) is 42.2 Å². The van der Waals surface area contributed by atoms with Gasteiger partial charge >= 0.3 is 0 Å². The lowest BCUT2D eigenvalue weighted by Gasteiger charge is -2.15. The maximum atomic E-state index is 12.1. The highest BCUT2D eigenvalue weighted by atomic mass is 16.5. The zero-order valence-corrected chi connectivity index (χ0v) is 15.2. The smallest absolute Gasteiger partial charge is 0.260 e. The molecule has 3 rings (SSSR count). The second-order valence-corrected chi connectivity index (χ2v) is 6.31. The van der Waals surface area contributed by atoms with Crippen LogP contribution in [0.2, 0.25) is 0 Å². The van der Waals surface area contributed by atoms with Gasteiger partial charge in [-0.15, -0.1) is 0 Å². The molecule has 0 spiro atoms. The van der Waals surface area contributed by atoms with E-state index >= 15 is 0 Å². The Bertz CT molecular complexity index is 952. The van der Waals surface area contributed by atoms with Crippen molar-refractivity contribution >= 4 is 16.9 Å². The largest absolute Gasteiger partial charge is 0.493 e. The van der Waals surface area contributed by atoms with E-state index in [2.05, 4.69) is 22.2 Å². The van der Waals surface area contributed by atoms with Gasteiger partial charge in [0.25, 0.3) is 5.56 Å². The number of hydrogen-bond donors (Lipinski definition) is 2. The molecule has 0 bridgehead atoms. The number of benzene rings is 2. The Morgan fingerprint density at radius 3 is 2.65 bits per heavy atom. The van der Waals surface area contributed by atoms with Crippen molar-refractivity contribution in [2.45, 2.75) is 13.3 Å². The van der Waals surface area contributed by atoms with Crippen LogP contribution in [0.4, 0.5) is 5.95 Å². The number of aromatic nitrogens is 2. The van der Waals surface area contributed by atoms with Crippen molar-refractivity contribution in [2.75, 3.05) is 26.1 Å². The molecule has 0 saturated carbocycles. The van der Waals surface area contributed by atoms with Crippen molar-refractivity contribution in [1.82, 2.24) is 9.97 Å². The van der Waals surface area contributed by atoms with E-state index in [0.29, 0.717) is 29.3 Å². The van der Waals surface area contributed by atoms with Crippen LogP contribution in [0.3, 0.4) is 0 Å².